The summed E-state index contributed by atoms with van der Waals surface area (Å²) < 4.78 is 5.45. The molecular weight excluding hydrogens is 405 g/mol. The monoisotopic (exact) mass is 435 g/mol. The van der Waals surface area contributed by atoms with Gasteiger partial charge in [0, 0.05) is 25.3 Å². The number of hydrogen-bond acceptors (Lipinski definition) is 3. The molecule has 0 aromatic heterocycles. The smallest absolute Gasteiger partial charge is 0.191 e. The van der Waals surface area contributed by atoms with E-state index in [0.717, 1.165) is 23.8 Å². The highest BCUT2D eigenvalue weighted by Crippen LogP contribution is 2.25. The summed E-state index contributed by atoms with van der Waals surface area (Å²) in [6, 6.07) is 6.21. The Balaban J connectivity index is 0.00000484. The van der Waals surface area contributed by atoms with E-state index < -0.39 is 0 Å². The molecule has 0 heterocycles. The van der Waals surface area contributed by atoms with Gasteiger partial charge in [0.05, 0.1) is 13.2 Å². The SMILES string of the molecule is CCNC(=NCC(C)CO)NC(C)c1cc(C)ccc1OC.I. The Morgan fingerprint density at radius 3 is 2.61 bits per heavy atom. The lowest BCUT2D eigenvalue weighted by atomic mass is 10.0. The van der Waals surface area contributed by atoms with Crippen molar-refractivity contribution in [3.63, 3.8) is 0 Å². The van der Waals surface area contributed by atoms with Crippen LogP contribution in [0.1, 0.15) is 37.9 Å². The lowest BCUT2D eigenvalue weighted by Crippen LogP contribution is -2.39. The van der Waals surface area contributed by atoms with Crippen LogP contribution in [0, 0.1) is 12.8 Å². The van der Waals surface area contributed by atoms with Gasteiger partial charge in [-0.25, -0.2) is 0 Å². The number of rotatable bonds is 7. The number of aliphatic hydroxyl groups excluding tert-OH is 1. The van der Waals surface area contributed by atoms with Crippen LogP contribution in [-0.2, 0) is 0 Å². The topological polar surface area (TPSA) is 65.9 Å². The molecule has 132 valence electrons. The number of aliphatic imine (C=N–C) groups is 1. The van der Waals surface area contributed by atoms with Crippen LogP contribution in [-0.4, -0.2) is 37.9 Å². The number of nitrogens with one attached hydrogen (secondary N) is 2. The first-order chi connectivity index (χ1) is 10.5. The van der Waals surface area contributed by atoms with E-state index in [1.807, 2.05) is 26.0 Å². The van der Waals surface area contributed by atoms with Crippen molar-refractivity contribution in [2.24, 2.45) is 10.9 Å². The van der Waals surface area contributed by atoms with Crippen LogP contribution in [0.3, 0.4) is 0 Å². The molecule has 23 heavy (non-hydrogen) atoms. The van der Waals surface area contributed by atoms with E-state index in [4.69, 9.17) is 9.84 Å². The molecule has 1 aromatic rings. The molecule has 0 saturated heterocycles. The van der Waals surface area contributed by atoms with E-state index in [0.29, 0.717) is 6.54 Å². The molecule has 0 amide bonds. The molecule has 2 unspecified atom stereocenters. The molecule has 2 atom stereocenters. The van der Waals surface area contributed by atoms with Gasteiger partial charge in [0.2, 0.25) is 0 Å². The molecule has 0 aliphatic carbocycles. The Bertz CT molecular complexity index is 495. The normalized spacial score (nSPS) is 13.7. The number of benzene rings is 1. The van der Waals surface area contributed by atoms with Crippen molar-refractivity contribution in [1.29, 1.82) is 0 Å². The Hall–Kier alpha value is -1.02. The van der Waals surface area contributed by atoms with Crippen LogP contribution < -0.4 is 15.4 Å². The standard InChI is InChI=1S/C17H29N3O2.HI/c1-6-18-17(19-10-13(3)11-21)20-14(4)15-9-12(2)7-8-16(15)22-5;/h7-9,13-14,21H,6,10-11H2,1-5H3,(H2,18,19,20);1H. The summed E-state index contributed by atoms with van der Waals surface area (Å²) in [5, 5.41) is 15.7. The largest absolute Gasteiger partial charge is 0.496 e. The molecule has 0 spiro atoms. The minimum Gasteiger partial charge on any atom is -0.496 e. The van der Waals surface area contributed by atoms with E-state index in [-0.39, 0.29) is 42.5 Å². The number of aryl methyl sites for hydroxylation is 1. The fourth-order valence-corrected chi connectivity index (χ4v) is 2.10. The van der Waals surface area contributed by atoms with E-state index in [2.05, 4.69) is 35.5 Å². The van der Waals surface area contributed by atoms with Gasteiger partial charge in [-0.05, 0) is 32.8 Å². The Morgan fingerprint density at radius 1 is 1.35 bits per heavy atom. The second-order valence-corrected chi connectivity index (χ2v) is 5.62. The summed E-state index contributed by atoms with van der Waals surface area (Å²) >= 11 is 0. The second kappa shape index (κ2) is 11.5. The summed E-state index contributed by atoms with van der Waals surface area (Å²) in [5.74, 6) is 1.77. The number of methoxy groups -OCH3 is 1. The molecule has 0 fully saturated rings. The van der Waals surface area contributed by atoms with Gasteiger partial charge in [-0.15, -0.1) is 24.0 Å². The van der Waals surface area contributed by atoms with E-state index in [1.54, 1.807) is 7.11 Å². The minimum absolute atomic E-state index is 0. The molecule has 0 bridgehead atoms. The van der Waals surface area contributed by atoms with Gasteiger partial charge in [-0.2, -0.15) is 0 Å². The third kappa shape index (κ3) is 7.39. The van der Waals surface area contributed by atoms with E-state index >= 15 is 0 Å². The average Bonchev–Trinajstić information content (AvgIpc) is 2.52. The molecule has 5 nitrogen and oxygen atoms in total. The predicted octanol–water partition coefficient (Wildman–Crippen LogP) is 2.87. The van der Waals surface area contributed by atoms with E-state index in [9.17, 15) is 0 Å². The van der Waals surface area contributed by atoms with Crippen molar-refractivity contribution in [1.82, 2.24) is 10.6 Å². The minimum atomic E-state index is 0. The quantitative estimate of drug-likeness (QED) is 0.350. The van der Waals surface area contributed by atoms with Crippen molar-refractivity contribution in [2.75, 3.05) is 26.8 Å². The maximum atomic E-state index is 9.11. The zero-order chi connectivity index (χ0) is 16.5. The van der Waals surface area contributed by atoms with Crippen molar-refractivity contribution in [3.8, 4) is 5.75 Å². The lowest BCUT2D eigenvalue weighted by molar-refractivity contribution is 0.241. The van der Waals surface area contributed by atoms with Crippen LogP contribution in [0.25, 0.3) is 0 Å². The highest BCUT2D eigenvalue weighted by atomic mass is 127. The number of ether oxygens (including phenoxy) is 1. The number of halogens is 1. The van der Waals surface area contributed by atoms with Crippen LogP contribution >= 0.6 is 24.0 Å². The average molecular weight is 435 g/mol. The Morgan fingerprint density at radius 2 is 2.04 bits per heavy atom. The molecule has 0 saturated carbocycles. The van der Waals surface area contributed by atoms with Crippen molar-refractivity contribution < 1.29 is 9.84 Å². The molecule has 0 aliphatic rings. The van der Waals surface area contributed by atoms with Gasteiger partial charge in [-0.3, -0.25) is 4.99 Å². The molecule has 3 N–H and O–H groups in total. The molecule has 1 aromatic carbocycles. The number of nitrogens with zero attached hydrogens (tertiary/aromatic N) is 1. The zero-order valence-electron chi connectivity index (χ0n) is 14.7. The van der Waals surface area contributed by atoms with Crippen LogP contribution in [0.4, 0.5) is 0 Å². The van der Waals surface area contributed by atoms with Crippen molar-refractivity contribution in [3.05, 3.63) is 29.3 Å². The first-order valence-corrected chi connectivity index (χ1v) is 7.82. The zero-order valence-corrected chi connectivity index (χ0v) is 17.0. The number of aliphatic hydroxyl groups is 1. The number of guanidine groups is 1. The predicted molar refractivity (Wildman–Crippen MR) is 107 cm³/mol. The number of hydrogen-bond donors (Lipinski definition) is 3. The van der Waals surface area contributed by atoms with Gasteiger partial charge >= 0.3 is 0 Å². The fraction of sp³-hybridized carbons (Fsp3) is 0.588. The molecular formula is C17H30IN3O2. The summed E-state index contributed by atoms with van der Waals surface area (Å²) in [5.41, 5.74) is 2.30. The first-order valence-electron chi connectivity index (χ1n) is 7.82. The molecule has 1 rings (SSSR count). The molecule has 6 heteroatoms. The summed E-state index contributed by atoms with van der Waals surface area (Å²) in [4.78, 5) is 4.52. The van der Waals surface area contributed by atoms with Gasteiger partial charge in [0.15, 0.2) is 5.96 Å². The van der Waals surface area contributed by atoms with Gasteiger partial charge in [0.25, 0.3) is 0 Å². The maximum Gasteiger partial charge on any atom is 0.191 e. The maximum absolute atomic E-state index is 9.11. The lowest BCUT2D eigenvalue weighted by Gasteiger charge is -2.21. The van der Waals surface area contributed by atoms with Gasteiger partial charge < -0.3 is 20.5 Å². The fourth-order valence-electron chi connectivity index (χ4n) is 2.10. The Kier molecular flexibility index (Phi) is 11.0. The van der Waals surface area contributed by atoms with E-state index in [1.165, 1.54) is 5.56 Å². The first kappa shape index (κ1) is 22.0. The highest BCUT2D eigenvalue weighted by molar-refractivity contribution is 14.0. The molecule has 0 aliphatic heterocycles. The third-order valence-electron chi connectivity index (χ3n) is 3.42. The van der Waals surface area contributed by atoms with Gasteiger partial charge in [-0.1, -0.05) is 24.6 Å². The Labute approximate surface area is 156 Å². The summed E-state index contributed by atoms with van der Waals surface area (Å²) in [7, 11) is 1.68. The summed E-state index contributed by atoms with van der Waals surface area (Å²) in [6.45, 7) is 9.67. The van der Waals surface area contributed by atoms with Gasteiger partial charge in [0.1, 0.15) is 5.75 Å². The highest BCUT2D eigenvalue weighted by Gasteiger charge is 2.13. The molecule has 0 radical (unpaired) electrons. The second-order valence-electron chi connectivity index (χ2n) is 5.62. The summed E-state index contributed by atoms with van der Waals surface area (Å²) in [6.07, 6.45) is 0. The third-order valence-corrected chi connectivity index (χ3v) is 3.42. The van der Waals surface area contributed by atoms with Crippen molar-refractivity contribution in [2.45, 2.75) is 33.7 Å². The van der Waals surface area contributed by atoms with Crippen LogP contribution in [0.15, 0.2) is 23.2 Å². The van der Waals surface area contributed by atoms with Crippen molar-refractivity contribution >= 4 is 29.9 Å². The van der Waals surface area contributed by atoms with Crippen LogP contribution in [0.2, 0.25) is 0 Å². The van der Waals surface area contributed by atoms with Crippen LogP contribution in [0.5, 0.6) is 5.75 Å².